The minimum atomic E-state index is -0.394. The van der Waals surface area contributed by atoms with Crippen molar-refractivity contribution in [3.63, 3.8) is 0 Å². The smallest absolute Gasteiger partial charge is 0.277 e. The summed E-state index contributed by atoms with van der Waals surface area (Å²) >= 11 is 3.33. The number of hydrogen-bond acceptors (Lipinski definition) is 5. The average Bonchev–Trinajstić information content (AvgIpc) is 2.54. The molecular formula is C16H15BrN2O4. The number of nitrogens with zero attached hydrogens (tertiary/aromatic N) is 1. The van der Waals surface area contributed by atoms with Crippen LogP contribution in [0.4, 0.5) is 0 Å². The maximum absolute atomic E-state index is 11.7. The zero-order valence-electron chi connectivity index (χ0n) is 12.3. The van der Waals surface area contributed by atoms with E-state index in [4.69, 9.17) is 9.47 Å². The van der Waals surface area contributed by atoms with Crippen LogP contribution in [0.3, 0.4) is 0 Å². The van der Waals surface area contributed by atoms with Crippen molar-refractivity contribution >= 4 is 28.1 Å². The summed E-state index contributed by atoms with van der Waals surface area (Å²) in [4.78, 5) is 11.7. The first-order valence-corrected chi connectivity index (χ1v) is 7.45. The van der Waals surface area contributed by atoms with E-state index in [-0.39, 0.29) is 12.4 Å². The third-order valence-electron chi connectivity index (χ3n) is 2.80. The molecule has 2 N–H and O–H groups in total. The Morgan fingerprint density at radius 1 is 1.30 bits per heavy atom. The normalized spacial score (nSPS) is 10.5. The molecule has 23 heavy (non-hydrogen) atoms. The van der Waals surface area contributed by atoms with E-state index in [1.54, 1.807) is 18.2 Å². The van der Waals surface area contributed by atoms with E-state index < -0.39 is 5.91 Å². The summed E-state index contributed by atoms with van der Waals surface area (Å²) in [5, 5.41) is 13.4. The highest BCUT2D eigenvalue weighted by molar-refractivity contribution is 9.10. The summed E-state index contributed by atoms with van der Waals surface area (Å²) < 4.78 is 11.1. The number of nitrogens with one attached hydrogen (secondary N) is 1. The number of aromatic hydroxyl groups is 1. The largest absolute Gasteiger partial charge is 0.504 e. The molecule has 0 saturated carbocycles. The Bertz CT molecular complexity index is 719. The van der Waals surface area contributed by atoms with Gasteiger partial charge in [0.1, 0.15) is 5.75 Å². The molecule has 0 heterocycles. The number of ether oxygens (including phenoxy) is 2. The van der Waals surface area contributed by atoms with Crippen LogP contribution in [-0.2, 0) is 4.79 Å². The van der Waals surface area contributed by atoms with Crippen LogP contribution < -0.4 is 14.9 Å². The highest BCUT2D eigenvalue weighted by Crippen LogP contribution is 2.25. The number of methoxy groups -OCH3 is 1. The van der Waals surface area contributed by atoms with Crippen LogP contribution in [0.15, 0.2) is 52.0 Å². The van der Waals surface area contributed by atoms with Gasteiger partial charge in [0.25, 0.3) is 5.91 Å². The minimum Gasteiger partial charge on any atom is -0.504 e. The Morgan fingerprint density at radius 2 is 2.09 bits per heavy atom. The zero-order chi connectivity index (χ0) is 16.7. The molecule has 0 aliphatic rings. The number of benzene rings is 2. The number of carbonyl (C=O) groups excluding carboxylic acids is 1. The van der Waals surface area contributed by atoms with Crippen molar-refractivity contribution in [2.75, 3.05) is 13.7 Å². The molecule has 2 rings (SSSR count). The molecule has 2 aromatic carbocycles. The van der Waals surface area contributed by atoms with Crippen molar-refractivity contribution in [2.45, 2.75) is 0 Å². The van der Waals surface area contributed by atoms with Crippen LogP contribution >= 0.6 is 15.9 Å². The third-order valence-corrected chi connectivity index (χ3v) is 3.46. The molecule has 0 atom stereocenters. The van der Waals surface area contributed by atoms with Gasteiger partial charge in [0.15, 0.2) is 18.1 Å². The van der Waals surface area contributed by atoms with Gasteiger partial charge in [-0.05, 0) is 51.8 Å². The van der Waals surface area contributed by atoms with Crippen molar-refractivity contribution in [1.29, 1.82) is 0 Å². The number of phenolic OH excluding ortho intramolecular Hbond substituents is 1. The number of phenols is 1. The predicted molar refractivity (Wildman–Crippen MR) is 90.0 cm³/mol. The van der Waals surface area contributed by atoms with E-state index in [0.717, 1.165) is 4.47 Å². The molecule has 0 aliphatic heterocycles. The topological polar surface area (TPSA) is 80.2 Å². The van der Waals surface area contributed by atoms with Crippen LogP contribution in [0, 0.1) is 0 Å². The van der Waals surface area contributed by atoms with Gasteiger partial charge >= 0.3 is 0 Å². The van der Waals surface area contributed by atoms with Crippen LogP contribution in [-0.4, -0.2) is 30.9 Å². The summed E-state index contributed by atoms with van der Waals surface area (Å²) in [6.45, 7) is -0.159. The molecule has 0 saturated heterocycles. The van der Waals surface area contributed by atoms with Gasteiger partial charge in [-0.1, -0.05) is 12.1 Å². The minimum absolute atomic E-state index is 0.0000349. The second kappa shape index (κ2) is 8.19. The lowest BCUT2D eigenvalue weighted by Crippen LogP contribution is -2.24. The van der Waals surface area contributed by atoms with E-state index in [1.807, 2.05) is 18.2 Å². The number of halogens is 1. The maximum Gasteiger partial charge on any atom is 0.277 e. The van der Waals surface area contributed by atoms with Crippen molar-refractivity contribution < 1.29 is 19.4 Å². The summed E-state index contributed by atoms with van der Waals surface area (Å²) in [7, 11) is 1.47. The number of para-hydroxylation sites is 1. The van der Waals surface area contributed by atoms with Crippen molar-refractivity contribution in [3.05, 3.63) is 52.5 Å². The molecule has 0 aliphatic carbocycles. The first kappa shape index (κ1) is 16.8. The quantitative estimate of drug-likeness (QED) is 0.598. The van der Waals surface area contributed by atoms with Gasteiger partial charge in [0.05, 0.1) is 17.8 Å². The predicted octanol–water partition coefficient (Wildman–Crippen LogP) is 2.69. The fourth-order valence-electron chi connectivity index (χ4n) is 1.70. The lowest BCUT2D eigenvalue weighted by molar-refractivity contribution is -0.123. The van der Waals surface area contributed by atoms with Crippen molar-refractivity contribution in [3.8, 4) is 17.2 Å². The summed E-state index contributed by atoms with van der Waals surface area (Å²) in [5.41, 5.74) is 2.97. The molecule has 0 bridgehead atoms. The molecular weight excluding hydrogens is 364 g/mol. The molecule has 120 valence electrons. The SMILES string of the molecule is COc1ccc(C=NNC(=O)COc2ccccc2Br)cc1O. The zero-order valence-corrected chi connectivity index (χ0v) is 13.9. The second-order valence-electron chi connectivity index (χ2n) is 4.44. The summed E-state index contributed by atoms with van der Waals surface area (Å²) in [6.07, 6.45) is 1.41. The first-order valence-electron chi connectivity index (χ1n) is 6.66. The van der Waals surface area contributed by atoms with E-state index in [1.165, 1.54) is 19.4 Å². The van der Waals surface area contributed by atoms with Gasteiger partial charge < -0.3 is 14.6 Å². The molecule has 6 nitrogen and oxygen atoms in total. The lowest BCUT2D eigenvalue weighted by atomic mass is 10.2. The Labute approximate surface area is 141 Å². The molecule has 0 spiro atoms. The molecule has 0 unspecified atom stereocenters. The Morgan fingerprint density at radius 3 is 2.78 bits per heavy atom. The molecule has 7 heteroatoms. The summed E-state index contributed by atoms with van der Waals surface area (Å²) in [5.74, 6) is 0.550. The van der Waals surface area contributed by atoms with Crippen LogP contribution in [0.25, 0.3) is 0 Å². The molecule has 0 fully saturated rings. The van der Waals surface area contributed by atoms with Crippen molar-refractivity contribution in [1.82, 2.24) is 5.43 Å². The molecule has 2 aromatic rings. The highest BCUT2D eigenvalue weighted by atomic mass is 79.9. The van der Waals surface area contributed by atoms with Gasteiger partial charge in [0.2, 0.25) is 0 Å². The van der Waals surface area contributed by atoms with Crippen LogP contribution in [0.1, 0.15) is 5.56 Å². The van der Waals surface area contributed by atoms with E-state index in [9.17, 15) is 9.90 Å². The van der Waals surface area contributed by atoms with E-state index in [0.29, 0.717) is 17.1 Å². The monoisotopic (exact) mass is 378 g/mol. The molecule has 1 amide bonds. The van der Waals surface area contributed by atoms with Gasteiger partial charge in [-0.3, -0.25) is 4.79 Å². The van der Waals surface area contributed by atoms with Gasteiger partial charge in [-0.15, -0.1) is 0 Å². The van der Waals surface area contributed by atoms with Crippen LogP contribution in [0.5, 0.6) is 17.2 Å². The average molecular weight is 379 g/mol. The molecule has 0 aromatic heterocycles. The van der Waals surface area contributed by atoms with E-state index >= 15 is 0 Å². The fourth-order valence-corrected chi connectivity index (χ4v) is 2.10. The highest BCUT2D eigenvalue weighted by Gasteiger charge is 2.04. The van der Waals surface area contributed by atoms with Crippen molar-refractivity contribution in [2.24, 2.45) is 5.10 Å². The molecule has 0 radical (unpaired) electrons. The van der Waals surface area contributed by atoms with Crippen LogP contribution in [0.2, 0.25) is 0 Å². The third kappa shape index (κ3) is 5.00. The summed E-state index contributed by atoms with van der Waals surface area (Å²) in [6, 6.07) is 12.0. The lowest BCUT2D eigenvalue weighted by Gasteiger charge is -2.06. The van der Waals surface area contributed by atoms with Gasteiger partial charge in [0, 0.05) is 0 Å². The Balaban J connectivity index is 1.84. The maximum atomic E-state index is 11.7. The second-order valence-corrected chi connectivity index (χ2v) is 5.30. The standard InChI is InChI=1S/C16H15BrN2O4/c1-22-15-7-6-11(8-13(15)20)9-18-19-16(21)10-23-14-5-3-2-4-12(14)17/h2-9,20H,10H2,1H3,(H,19,21). The number of hydrogen-bond donors (Lipinski definition) is 2. The van der Waals surface area contributed by atoms with Gasteiger partial charge in [-0.25, -0.2) is 5.43 Å². The fraction of sp³-hybridized carbons (Fsp3) is 0.125. The number of hydrazone groups is 1. The first-order chi connectivity index (χ1) is 11.1. The number of amides is 1. The van der Waals surface area contributed by atoms with Gasteiger partial charge in [-0.2, -0.15) is 5.10 Å². The Hall–Kier alpha value is -2.54. The Kier molecular flexibility index (Phi) is 5.99. The number of rotatable bonds is 6. The van der Waals surface area contributed by atoms with E-state index in [2.05, 4.69) is 26.5 Å². The number of carbonyl (C=O) groups is 1.